The van der Waals surface area contributed by atoms with Crippen LogP contribution in [0.1, 0.15) is 22.7 Å². The second kappa shape index (κ2) is 6.07. The van der Waals surface area contributed by atoms with Crippen molar-refractivity contribution in [2.24, 2.45) is 0 Å². The number of hydrogen-bond donors (Lipinski definition) is 1. The Labute approximate surface area is 105 Å². The fraction of sp³-hybridized carbons (Fsp3) is 0.636. The molecule has 2 heterocycles. The van der Waals surface area contributed by atoms with Crippen LogP contribution >= 0.6 is 11.8 Å². The number of ether oxygens (including phenoxy) is 1. The summed E-state index contributed by atoms with van der Waals surface area (Å²) < 4.78 is 6.99. The molecule has 0 atom stereocenters. The number of carbonyl (C=O) groups is 1. The summed E-state index contributed by atoms with van der Waals surface area (Å²) in [5.41, 5.74) is 0.528. The van der Waals surface area contributed by atoms with Crippen molar-refractivity contribution in [2.45, 2.75) is 18.7 Å². The Kier molecular flexibility index (Phi) is 4.44. The third-order valence-electron chi connectivity index (χ3n) is 2.61. The molecule has 1 aliphatic heterocycles. The topological polar surface area (TPSA) is 56.1 Å². The monoisotopic (exact) mass is 255 g/mol. The third kappa shape index (κ3) is 3.23. The smallest absolute Gasteiger partial charge is 0.271 e. The zero-order chi connectivity index (χ0) is 12.1. The summed E-state index contributed by atoms with van der Waals surface area (Å²) in [5, 5.41) is 2.84. The summed E-state index contributed by atoms with van der Waals surface area (Å²) in [4.78, 5) is 16.1. The number of nitrogens with one attached hydrogen (secondary N) is 1. The van der Waals surface area contributed by atoms with Crippen LogP contribution in [0.4, 0.5) is 0 Å². The number of aryl methyl sites for hydroxylation is 1. The number of aromatic nitrogens is 2. The molecule has 0 saturated carbocycles. The first-order valence-corrected chi connectivity index (χ1v) is 6.87. The minimum Gasteiger partial charge on any atom is -0.385 e. The van der Waals surface area contributed by atoms with E-state index in [4.69, 9.17) is 4.74 Å². The molecule has 0 aliphatic carbocycles. The summed E-state index contributed by atoms with van der Waals surface area (Å²) in [5.74, 6) is 2.91. The van der Waals surface area contributed by atoms with Gasteiger partial charge in [-0.1, -0.05) is 0 Å². The van der Waals surface area contributed by atoms with Gasteiger partial charge in [-0.2, -0.15) is 11.8 Å². The Balaban J connectivity index is 1.88. The van der Waals surface area contributed by atoms with Crippen molar-refractivity contribution in [1.82, 2.24) is 14.9 Å². The number of nitrogens with zero attached hydrogens (tertiary/aromatic N) is 2. The summed E-state index contributed by atoms with van der Waals surface area (Å²) in [6, 6.07) is 0. The highest BCUT2D eigenvalue weighted by atomic mass is 32.2. The summed E-state index contributed by atoms with van der Waals surface area (Å²) in [7, 11) is 1.66. The Bertz CT molecular complexity index is 369. The molecule has 1 amide bonds. The lowest BCUT2D eigenvalue weighted by molar-refractivity contribution is 0.0944. The van der Waals surface area contributed by atoms with Crippen LogP contribution in [0.5, 0.6) is 0 Å². The van der Waals surface area contributed by atoms with Crippen molar-refractivity contribution in [3.05, 3.63) is 17.7 Å². The van der Waals surface area contributed by atoms with Gasteiger partial charge in [0.15, 0.2) is 0 Å². The van der Waals surface area contributed by atoms with Crippen LogP contribution in [0, 0.1) is 0 Å². The van der Waals surface area contributed by atoms with Gasteiger partial charge < -0.3 is 14.6 Å². The van der Waals surface area contributed by atoms with Crippen molar-refractivity contribution < 1.29 is 9.53 Å². The molecular formula is C11H17N3O2S. The molecule has 1 aromatic rings. The van der Waals surface area contributed by atoms with Gasteiger partial charge in [-0.05, 0) is 6.42 Å². The maximum Gasteiger partial charge on any atom is 0.271 e. The van der Waals surface area contributed by atoms with Gasteiger partial charge in [0.2, 0.25) is 0 Å². The number of carbonyl (C=O) groups excluding carboxylic acids is 1. The molecule has 0 aromatic carbocycles. The molecule has 5 nitrogen and oxygen atoms in total. The van der Waals surface area contributed by atoms with Crippen LogP contribution < -0.4 is 5.32 Å². The van der Waals surface area contributed by atoms with Crippen molar-refractivity contribution in [3.8, 4) is 0 Å². The molecule has 94 valence electrons. The Morgan fingerprint density at radius 2 is 2.59 bits per heavy atom. The van der Waals surface area contributed by atoms with E-state index in [0.717, 1.165) is 30.3 Å². The fourth-order valence-electron chi connectivity index (χ4n) is 1.71. The summed E-state index contributed by atoms with van der Waals surface area (Å²) >= 11 is 1.86. The van der Waals surface area contributed by atoms with E-state index in [-0.39, 0.29) is 5.91 Å². The number of thioether (sulfide) groups is 1. The Morgan fingerprint density at radius 3 is 3.35 bits per heavy atom. The number of hydrogen-bond acceptors (Lipinski definition) is 4. The molecule has 2 rings (SSSR count). The highest BCUT2D eigenvalue weighted by Crippen LogP contribution is 2.18. The van der Waals surface area contributed by atoms with Crippen molar-refractivity contribution in [3.63, 3.8) is 0 Å². The van der Waals surface area contributed by atoms with Crippen molar-refractivity contribution >= 4 is 17.7 Å². The van der Waals surface area contributed by atoms with Gasteiger partial charge >= 0.3 is 0 Å². The molecule has 0 saturated heterocycles. The van der Waals surface area contributed by atoms with E-state index >= 15 is 0 Å². The molecule has 1 aromatic heterocycles. The van der Waals surface area contributed by atoms with E-state index in [0.29, 0.717) is 18.8 Å². The maximum absolute atomic E-state index is 11.8. The van der Waals surface area contributed by atoms with Gasteiger partial charge in [0, 0.05) is 38.8 Å². The number of imidazole rings is 1. The minimum absolute atomic E-state index is 0.0898. The van der Waals surface area contributed by atoms with Crippen LogP contribution in [0.3, 0.4) is 0 Å². The average molecular weight is 255 g/mol. The van der Waals surface area contributed by atoms with Gasteiger partial charge in [0.1, 0.15) is 11.5 Å². The zero-order valence-electron chi connectivity index (χ0n) is 9.94. The van der Waals surface area contributed by atoms with Crippen LogP contribution in [0.2, 0.25) is 0 Å². The second-order valence-electron chi connectivity index (χ2n) is 3.89. The van der Waals surface area contributed by atoms with Crippen molar-refractivity contribution in [2.75, 3.05) is 26.0 Å². The molecule has 0 fully saturated rings. The van der Waals surface area contributed by atoms with E-state index in [2.05, 4.69) is 14.9 Å². The van der Waals surface area contributed by atoms with E-state index in [1.807, 2.05) is 18.0 Å². The average Bonchev–Trinajstić information content (AvgIpc) is 2.78. The molecule has 0 unspecified atom stereocenters. The van der Waals surface area contributed by atoms with E-state index in [1.165, 1.54) is 0 Å². The molecule has 1 N–H and O–H groups in total. The lowest BCUT2D eigenvalue weighted by Gasteiger charge is -2.11. The molecule has 1 aliphatic rings. The number of rotatable bonds is 5. The molecule has 6 heteroatoms. The number of amides is 1. The highest BCUT2D eigenvalue weighted by Gasteiger charge is 2.16. The molecule has 0 spiro atoms. The maximum atomic E-state index is 11.8. The van der Waals surface area contributed by atoms with E-state index in [9.17, 15) is 4.79 Å². The molecule has 0 bridgehead atoms. The second-order valence-corrected chi connectivity index (χ2v) is 5.00. The zero-order valence-corrected chi connectivity index (χ0v) is 10.8. The minimum atomic E-state index is -0.0898. The summed E-state index contributed by atoms with van der Waals surface area (Å²) in [6.07, 6.45) is 2.67. The van der Waals surface area contributed by atoms with Crippen LogP contribution in [-0.2, 0) is 17.0 Å². The normalized spacial score (nSPS) is 14.4. The molecular weight excluding hydrogens is 238 g/mol. The SMILES string of the molecule is COCCCNC(=O)c1cn2c(n1)CSCC2. The predicted molar refractivity (Wildman–Crippen MR) is 67.2 cm³/mol. The van der Waals surface area contributed by atoms with E-state index in [1.54, 1.807) is 7.11 Å². The Hall–Kier alpha value is -1.01. The van der Waals surface area contributed by atoms with Gasteiger partial charge in [0.25, 0.3) is 5.91 Å². The van der Waals surface area contributed by atoms with Crippen LogP contribution in [-0.4, -0.2) is 41.5 Å². The number of methoxy groups -OCH3 is 1. The van der Waals surface area contributed by atoms with Gasteiger partial charge in [-0.25, -0.2) is 4.98 Å². The van der Waals surface area contributed by atoms with Gasteiger partial charge in [-0.15, -0.1) is 0 Å². The van der Waals surface area contributed by atoms with Crippen LogP contribution in [0.15, 0.2) is 6.20 Å². The standard InChI is InChI=1S/C11H17N3O2S/c1-16-5-2-3-12-11(15)9-7-14-4-6-17-8-10(14)13-9/h7H,2-6,8H2,1H3,(H,12,15). The first-order valence-electron chi connectivity index (χ1n) is 5.72. The Morgan fingerprint density at radius 1 is 1.71 bits per heavy atom. The van der Waals surface area contributed by atoms with Gasteiger partial charge in [-0.3, -0.25) is 4.79 Å². The van der Waals surface area contributed by atoms with Gasteiger partial charge in [0.05, 0.1) is 5.75 Å². The lowest BCUT2D eigenvalue weighted by Crippen LogP contribution is -2.25. The quantitative estimate of drug-likeness (QED) is 0.794. The largest absolute Gasteiger partial charge is 0.385 e. The fourth-order valence-corrected chi connectivity index (χ4v) is 2.59. The summed E-state index contributed by atoms with van der Waals surface area (Å²) in [6.45, 7) is 2.24. The molecule has 17 heavy (non-hydrogen) atoms. The van der Waals surface area contributed by atoms with E-state index < -0.39 is 0 Å². The predicted octanol–water partition coefficient (Wildman–Crippen LogP) is 0.896. The lowest BCUT2D eigenvalue weighted by atomic mass is 10.4. The molecule has 0 radical (unpaired) electrons. The first-order chi connectivity index (χ1) is 8.31. The van der Waals surface area contributed by atoms with Crippen LogP contribution in [0.25, 0.3) is 0 Å². The third-order valence-corrected chi connectivity index (χ3v) is 3.54. The highest BCUT2D eigenvalue weighted by molar-refractivity contribution is 7.98. The number of fused-ring (bicyclic) bond motifs is 1. The van der Waals surface area contributed by atoms with Crippen molar-refractivity contribution in [1.29, 1.82) is 0 Å². The first kappa shape index (κ1) is 12.4.